The van der Waals surface area contributed by atoms with Crippen LogP contribution in [0.15, 0.2) is 28.9 Å². The Morgan fingerprint density at radius 1 is 1.11 bits per heavy atom. The molecule has 0 aliphatic heterocycles. The van der Waals surface area contributed by atoms with Gasteiger partial charge in [0.05, 0.1) is 12.3 Å². The second kappa shape index (κ2) is 4.90. The first-order valence-corrected chi connectivity index (χ1v) is 5.72. The Kier molecular flexibility index (Phi) is 3.48. The van der Waals surface area contributed by atoms with Crippen LogP contribution in [-0.2, 0) is 0 Å². The molecule has 0 spiro atoms. The van der Waals surface area contributed by atoms with Crippen LogP contribution in [0.4, 0.5) is 8.78 Å². The van der Waals surface area contributed by atoms with E-state index in [9.17, 15) is 8.78 Å². The molecule has 4 heteroatoms. The molecule has 1 aromatic heterocycles. The van der Waals surface area contributed by atoms with Gasteiger partial charge < -0.3 is 9.73 Å². The fourth-order valence-electron chi connectivity index (χ4n) is 2.03. The van der Waals surface area contributed by atoms with Gasteiger partial charge in [-0.15, -0.1) is 0 Å². The summed E-state index contributed by atoms with van der Waals surface area (Å²) in [5, 5.41) is 2.90. The molecule has 2 rings (SSSR count). The zero-order valence-corrected chi connectivity index (χ0v) is 10.6. The van der Waals surface area contributed by atoms with Crippen molar-refractivity contribution < 1.29 is 13.2 Å². The van der Waals surface area contributed by atoms with Crippen molar-refractivity contribution in [3.05, 3.63) is 58.5 Å². The number of furan rings is 1. The lowest BCUT2D eigenvalue weighted by atomic mass is 9.99. The maximum atomic E-state index is 14.1. The maximum Gasteiger partial charge on any atom is 0.134 e. The normalized spacial score (nSPS) is 12.7. The molecule has 2 nitrogen and oxygen atoms in total. The molecule has 1 atom stereocenters. The maximum absolute atomic E-state index is 14.1. The van der Waals surface area contributed by atoms with Crippen LogP contribution in [0.3, 0.4) is 0 Å². The molecule has 0 aliphatic rings. The van der Waals surface area contributed by atoms with Gasteiger partial charge in [0.15, 0.2) is 0 Å². The van der Waals surface area contributed by atoms with Crippen LogP contribution in [0.1, 0.15) is 28.5 Å². The smallest absolute Gasteiger partial charge is 0.134 e. The van der Waals surface area contributed by atoms with Crippen molar-refractivity contribution in [2.75, 3.05) is 7.05 Å². The van der Waals surface area contributed by atoms with Crippen molar-refractivity contribution in [3.63, 3.8) is 0 Å². The van der Waals surface area contributed by atoms with Gasteiger partial charge in [-0.25, -0.2) is 8.78 Å². The third kappa shape index (κ3) is 2.04. The summed E-state index contributed by atoms with van der Waals surface area (Å²) < 4.78 is 33.3. The lowest BCUT2D eigenvalue weighted by Gasteiger charge is -2.17. The molecule has 0 aliphatic carbocycles. The number of hydrogen-bond donors (Lipinski definition) is 1. The number of nitrogens with one attached hydrogen (secondary N) is 1. The van der Waals surface area contributed by atoms with E-state index in [2.05, 4.69) is 5.32 Å². The highest BCUT2D eigenvalue weighted by Gasteiger charge is 2.25. The first-order valence-electron chi connectivity index (χ1n) is 5.72. The standard InChI is InChI=1S/C14H15F2NO/c1-8-4-5-10(15)11(12(8)16)13(17-3)14-9(2)6-7-18-14/h4-7,13,17H,1-3H3. The number of aryl methyl sites for hydroxylation is 2. The molecule has 0 saturated carbocycles. The molecule has 0 amide bonds. The second-order valence-corrected chi connectivity index (χ2v) is 4.28. The monoisotopic (exact) mass is 251 g/mol. The molecule has 0 radical (unpaired) electrons. The van der Waals surface area contributed by atoms with E-state index in [1.54, 1.807) is 20.0 Å². The fourth-order valence-corrected chi connectivity index (χ4v) is 2.03. The van der Waals surface area contributed by atoms with Crippen LogP contribution in [0.2, 0.25) is 0 Å². The van der Waals surface area contributed by atoms with Crippen LogP contribution in [0, 0.1) is 25.5 Å². The second-order valence-electron chi connectivity index (χ2n) is 4.28. The van der Waals surface area contributed by atoms with Gasteiger partial charge in [-0.1, -0.05) is 6.07 Å². The molecule has 96 valence electrons. The average Bonchev–Trinajstić information content (AvgIpc) is 2.76. The van der Waals surface area contributed by atoms with E-state index in [0.29, 0.717) is 11.3 Å². The third-order valence-corrected chi connectivity index (χ3v) is 3.06. The minimum Gasteiger partial charge on any atom is -0.467 e. The lowest BCUT2D eigenvalue weighted by molar-refractivity contribution is 0.434. The van der Waals surface area contributed by atoms with Crippen LogP contribution >= 0.6 is 0 Å². The van der Waals surface area contributed by atoms with Gasteiger partial charge in [-0.2, -0.15) is 0 Å². The predicted molar refractivity (Wildman–Crippen MR) is 65.4 cm³/mol. The third-order valence-electron chi connectivity index (χ3n) is 3.06. The Bertz CT molecular complexity index is 563. The first-order chi connectivity index (χ1) is 8.56. The van der Waals surface area contributed by atoms with E-state index in [4.69, 9.17) is 4.42 Å². The van der Waals surface area contributed by atoms with E-state index in [1.165, 1.54) is 18.4 Å². The summed E-state index contributed by atoms with van der Waals surface area (Å²) in [6.07, 6.45) is 1.51. The molecule has 1 N–H and O–H groups in total. The summed E-state index contributed by atoms with van der Waals surface area (Å²) in [7, 11) is 1.65. The van der Waals surface area contributed by atoms with Gasteiger partial charge in [0, 0.05) is 5.56 Å². The molecular weight excluding hydrogens is 236 g/mol. The van der Waals surface area contributed by atoms with Gasteiger partial charge in [0.25, 0.3) is 0 Å². The van der Waals surface area contributed by atoms with Crippen molar-refractivity contribution in [2.45, 2.75) is 19.9 Å². The van der Waals surface area contributed by atoms with Crippen molar-refractivity contribution in [3.8, 4) is 0 Å². The topological polar surface area (TPSA) is 25.2 Å². The molecule has 2 aromatic rings. The average molecular weight is 251 g/mol. The van der Waals surface area contributed by atoms with Gasteiger partial charge in [0.1, 0.15) is 17.4 Å². The van der Waals surface area contributed by atoms with Crippen molar-refractivity contribution >= 4 is 0 Å². The van der Waals surface area contributed by atoms with Crippen LogP contribution in [-0.4, -0.2) is 7.05 Å². The summed E-state index contributed by atoms with van der Waals surface area (Å²) in [4.78, 5) is 0. The minimum atomic E-state index is -0.625. The van der Waals surface area contributed by atoms with Gasteiger partial charge in [0.2, 0.25) is 0 Å². The summed E-state index contributed by atoms with van der Waals surface area (Å²) in [5.74, 6) is -0.584. The number of benzene rings is 1. The van der Waals surface area contributed by atoms with Crippen molar-refractivity contribution in [1.29, 1.82) is 0 Å². The van der Waals surface area contributed by atoms with Crippen molar-refractivity contribution in [2.24, 2.45) is 0 Å². The Morgan fingerprint density at radius 2 is 1.83 bits per heavy atom. The van der Waals surface area contributed by atoms with Gasteiger partial charge >= 0.3 is 0 Å². The summed E-state index contributed by atoms with van der Waals surface area (Å²) >= 11 is 0. The van der Waals surface area contributed by atoms with Crippen LogP contribution < -0.4 is 5.32 Å². The molecular formula is C14H15F2NO. The number of hydrogen-bond acceptors (Lipinski definition) is 2. The molecule has 18 heavy (non-hydrogen) atoms. The largest absolute Gasteiger partial charge is 0.467 e. The molecule has 0 fully saturated rings. The molecule has 1 aromatic carbocycles. The number of rotatable bonds is 3. The summed E-state index contributed by atoms with van der Waals surface area (Å²) in [6, 6.07) is 3.84. The first kappa shape index (κ1) is 12.8. The van der Waals surface area contributed by atoms with E-state index in [-0.39, 0.29) is 5.56 Å². The zero-order chi connectivity index (χ0) is 13.3. The van der Waals surface area contributed by atoms with E-state index in [1.807, 2.05) is 6.92 Å². The van der Waals surface area contributed by atoms with Gasteiger partial charge in [-0.05, 0) is 44.2 Å². The number of halogens is 2. The van der Waals surface area contributed by atoms with Gasteiger partial charge in [-0.3, -0.25) is 0 Å². The Labute approximate surface area is 105 Å². The zero-order valence-electron chi connectivity index (χ0n) is 10.6. The van der Waals surface area contributed by atoms with Crippen LogP contribution in [0.5, 0.6) is 0 Å². The fraction of sp³-hybridized carbons (Fsp3) is 0.286. The summed E-state index contributed by atoms with van der Waals surface area (Å²) in [6.45, 7) is 3.45. The highest BCUT2D eigenvalue weighted by molar-refractivity contribution is 5.35. The Balaban J connectivity index is 2.59. The Morgan fingerprint density at radius 3 is 2.39 bits per heavy atom. The Hall–Kier alpha value is -1.68. The molecule has 0 saturated heterocycles. The minimum absolute atomic E-state index is 0.00412. The summed E-state index contributed by atoms with van der Waals surface area (Å²) in [5.41, 5.74) is 1.26. The van der Waals surface area contributed by atoms with Crippen LogP contribution in [0.25, 0.3) is 0 Å². The lowest BCUT2D eigenvalue weighted by Crippen LogP contribution is -2.21. The predicted octanol–water partition coefficient (Wildman–Crippen LogP) is 3.48. The van der Waals surface area contributed by atoms with Crippen molar-refractivity contribution in [1.82, 2.24) is 5.32 Å². The quantitative estimate of drug-likeness (QED) is 0.903. The SMILES string of the molecule is CNC(c1occc1C)c1c(F)ccc(C)c1F. The van der Waals surface area contributed by atoms with E-state index < -0.39 is 17.7 Å². The molecule has 1 heterocycles. The molecule has 0 bridgehead atoms. The van der Waals surface area contributed by atoms with E-state index >= 15 is 0 Å². The highest BCUT2D eigenvalue weighted by Crippen LogP contribution is 2.30. The molecule has 1 unspecified atom stereocenters. The highest BCUT2D eigenvalue weighted by atomic mass is 19.1. The van der Waals surface area contributed by atoms with E-state index in [0.717, 1.165) is 5.56 Å².